The smallest absolute Gasteiger partial charge is 0.415 e. The summed E-state index contributed by atoms with van der Waals surface area (Å²) in [5.74, 6) is 0.577. The number of anilines is 3. The molecule has 0 atom stereocenters. The summed E-state index contributed by atoms with van der Waals surface area (Å²) in [7, 11) is 3.03. The Morgan fingerprint density at radius 3 is 2.61 bits per heavy atom. The lowest BCUT2D eigenvalue weighted by Crippen LogP contribution is -2.34. The van der Waals surface area contributed by atoms with Crippen molar-refractivity contribution in [3.05, 3.63) is 46.3 Å². The van der Waals surface area contributed by atoms with Gasteiger partial charge >= 0.3 is 6.09 Å². The third-order valence-electron chi connectivity index (χ3n) is 3.50. The molecule has 150 valence electrons. The van der Waals surface area contributed by atoms with Gasteiger partial charge in [-0.25, -0.2) is 14.8 Å². The van der Waals surface area contributed by atoms with Gasteiger partial charge in [-0.2, -0.15) is 0 Å². The van der Waals surface area contributed by atoms with Gasteiger partial charge in [0.25, 0.3) is 5.69 Å². The Morgan fingerprint density at radius 2 is 2.00 bits per heavy atom. The molecule has 1 amide bonds. The van der Waals surface area contributed by atoms with Crippen molar-refractivity contribution in [2.24, 2.45) is 0 Å². The first-order valence-corrected chi connectivity index (χ1v) is 8.43. The summed E-state index contributed by atoms with van der Waals surface area (Å²) in [6, 6.07) is 6.22. The van der Waals surface area contributed by atoms with Crippen molar-refractivity contribution in [2.45, 2.75) is 33.0 Å². The van der Waals surface area contributed by atoms with Crippen LogP contribution in [0.2, 0.25) is 0 Å². The van der Waals surface area contributed by atoms with Crippen LogP contribution in [0.1, 0.15) is 26.3 Å². The largest absolute Gasteiger partial charge is 0.443 e. The van der Waals surface area contributed by atoms with Crippen LogP contribution < -0.4 is 10.2 Å². The molecule has 0 bridgehead atoms. The first-order valence-electron chi connectivity index (χ1n) is 8.43. The number of nitro groups is 1. The van der Waals surface area contributed by atoms with Crippen LogP contribution >= 0.6 is 0 Å². The minimum Gasteiger partial charge on any atom is -0.443 e. The van der Waals surface area contributed by atoms with Gasteiger partial charge in [0.1, 0.15) is 29.3 Å². The van der Waals surface area contributed by atoms with Gasteiger partial charge in [0, 0.05) is 26.3 Å². The van der Waals surface area contributed by atoms with E-state index in [2.05, 4.69) is 15.3 Å². The number of nitrogens with one attached hydrogen (secondary N) is 1. The summed E-state index contributed by atoms with van der Waals surface area (Å²) in [5.41, 5.74) is 0.168. The zero-order valence-electron chi connectivity index (χ0n) is 16.4. The number of rotatable bonds is 6. The topological polar surface area (TPSA) is 120 Å². The van der Waals surface area contributed by atoms with Gasteiger partial charge in [0.2, 0.25) is 0 Å². The van der Waals surface area contributed by atoms with E-state index in [9.17, 15) is 14.9 Å². The van der Waals surface area contributed by atoms with E-state index in [0.29, 0.717) is 11.4 Å². The summed E-state index contributed by atoms with van der Waals surface area (Å²) < 4.78 is 10.3. The number of aromatic nitrogens is 2. The highest BCUT2D eigenvalue weighted by molar-refractivity contribution is 5.86. The summed E-state index contributed by atoms with van der Waals surface area (Å²) >= 11 is 0. The van der Waals surface area contributed by atoms with Gasteiger partial charge in [0.05, 0.1) is 11.5 Å². The Bertz CT molecular complexity index is 866. The maximum absolute atomic E-state index is 12.2. The maximum Gasteiger partial charge on any atom is 0.415 e. The van der Waals surface area contributed by atoms with Gasteiger partial charge in [-0.05, 0) is 32.4 Å². The molecule has 2 rings (SSSR count). The standard InChI is InChI=1S/C18H23N5O5/c1-18(2,3)28-17(24)22(4)16-9-15(19-11-20-16)21-13-7-6-12(10-27-5)8-14(13)23(25)26/h6-9,11H,10H2,1-5H3,(H,19,20,21). The third kappa shape index (κ3) is 5.61. The van der Waals surface area contributed by atoms with Crippen molar-refractivity contribution in [2.75, 3.05) is 24.4 Å². The molecule has 1 heterocycles. The van der Waals surface area contributed by atoms with Crippen LogP contribution in [-0.4, -0.2) is 40.7 Å². The Morgan fingerprint density at radius 1 is 1.29 bits per heavy atom. The van der Waals surface area contributed by atoms with Crippen LogP contribution in [-0.2, 0) is 16.1 Å². The molecule has 10 nitrogen and oxygen atoms in total. The molecule has 1 aromatic heterocycles. The van der Waals surface area contributed by atoms with Crippen molar-refractivity contribution in [3.63, 3.8) is 0 Å². The summed E-state index contributed by atoms with van der Waals surface area (Å²) in [5, 5.41) is 14.3. The predicted octanol–water partition coefficient (Wildman–Crippen LogP) is 3.65. The number of benzene rings is 1. The molecule has 0 fully saturated rings. The number of hydrogen-bond acceptors (Lipinski definition) is 8. The van der Waals surface area contributed by atoms with E-state index in [0.717, 1.165) is 0 Å². The molecule has 0 aliphatic carbocycles. The number of nitro benzene ring substituents is 1. The quantitative estimate of drug-likeness (QED) is 0.587. The molecule has 1 aromatic carbocycles. The predicted molar refractivity (Wildman–Crippen MR) is 104 cm³/mol. The molecule has 0 unspecified atom stereocenters. The molecule has 1 N–H and O–H groups in total. The summed E-state index contributed by atoms with van der Waals surface area (Å²) in [6.45, 7) is 5.55. The monoisotopic (exact) mass is 389 g/mol. The van der Waals surface area contributed by atoms with Crippen LogP contribution in [0.5, 0.6) is 0 Å². The highest BCUT2D eigenvalue weighted by Gasteiger charge is 2.22. The van der Waals surface area contributed by atoms with Crippen molar-refractivity contribution in [3.8, 4) is 0 Å². The molecule has 0 saturated carbocycles. The van der Waals surface area contributed by atoms with Crippen LogP contribution in [0.4, 0.5) is 27.8 Å². The Hall–Kier alpha value is -3.27. The minimum absolute atomic E-state index is 0.116. The first-order chi connectivity index (χ1) is 13.1. The van der Waals surface area contributed by atoms with Crippen LogP contribution in [0.15, 0.2) is 30.6 Å². The molecular weight excluding hydrogens is 366 g/mol. The van der Waals surface area contributed by atoms with Gasteiger partial charge < -0.3 is 14.8 Å². The third-order valence-corrected chi connectivity index (χ3v) is 3.50. The fourth-order valence-corrected chi connectivity index (χ4v) is 2.25. The van der Waals surface area contributed by atoms with E-state index in [-0.39, 0.29) is 23.8 Å². The Kier molecular flexibility index (Phi) is 6.47. The van der Waals surface area contributed by atoms with Gasteiger partial charge in [-0.3, -0.25) is 15.0 Å². The number of carbonyl (C=O) groups excluding carboxylic acids is 1. The molecule has 0 spiro atoms. The molecule has 0 aliphatic rings. The van der Waals surface area contributed by atoms with Crippen molar-refractivity contribution in [1.29, 1.82) is 0 Å². The second-order valence-electron chi connectivity index (χ2n) is 6.97. The van der Waals surface area contributed by atoms with Gasteiger partial charge in [-0.1, -0.05) is 6.07 Å². The molecule has 28 heavy (non-hydrogen) atoms. The highest BCUT2D eigenvalue weighted by atomic mass is 16.6. The van der Waals surface area contributed by atoms with E-state index in [4.69, 9.17) is 9.47 Å². The molecule has 0 saturated heterocycles. The number of ether oxygens (including phenoxy) is 2. The number of hydrogen-bond donors (Lipinski definition) is 1. The van der Waals surface area contributed by atoms with Crippen LogP contribution in [0, 0.1) is 10.1 Å². The molecule has 0 aliphatic heterocycles. The fourth-order valence-electron chi connectivity index (χ4n) is 2.25. The second-order valence-corrected chi connectivity index (χ2v) is 6.97. The van der Waals surface area contributed by atoms with Crippen molar-refractivity contribution in [1.82, 2.24) is 9.97 Å². The molecule has 2 aromatic rings. The molecular formula is C18H23N5O5. The zero-order chi connectivity index (χ0) is 20.9. The lowest BCUT2D eigenvalue weighted by Gasteiger charge is -2.24. The summed E-state index contributed by atoms with van der Waals surface area (Å²) in [4.78, 5) is 32.4. The van der Waals surface area contributed by atoms with Gasteiger partial charge in [0.15, 0.2) is 0 Å². The Labute approximate surface area is 162 Å². The average molecular weight is 389 g/mol. The second kappa shape index (κ2) is 8.61. The SMILES string of the molecule is COCc1ccc(Nc2cc(N(C)C(=O)OC(C)(C)C)ncn2)c([N+](=O)[O-])c1. The van der Waals surface area contributed by atoms with E-state index < -0.39 is 16.6 Å². The van der Waals surface area contributed by atoms with Gasteiger partial charge in [-0.15, -0.1) is 0 Å². The number of methoxy groups -OCH3 is 1. The zero-order valence-corrected chi connectivity index (χ0v) is 16.4. The van der Waals surface area contributed by atoms with E-state index in [1.807, 2.05) is 0 Å². The van der Waals surface area contributed by atoms with Crippen LogP contribution in [0.3, 0.4) is 0 Å². The van der Waals surface area contributed by atoms with Crippen LogP contribution in [0.25, 0.3) is 0 Å². The van der Waals surface area contributed by atoms with Crippen molar-refractivity contribution < 1.29 is 19.2 Å². The molecule has 0 radical (unpaired) electrons. The highest BCUT2D eigenvalue weighted by Crippen LogP contribution is 2.29. The van der Waals surface area contributed by atoms with E-state index in [1.165, 1.54) is 37.5 Å². The average Bonchev–Trinajstić information content (AvgIpc) is 2.61. The summed E-state index contributed by atoms with van der Waals surface area (Å²) in [6.07, 6.45) is 0.677. The fraction of sp³-hybridized carbons (Fsp3) is 0.389. The van der Waals surface area contributed by atoms with E-state index in [1.54, 1.807) is 32.9 Å². The Balaban J connectivity index is 2.25. The number of carbonyl (C=O) groups is 1. The first kappa shape index (κ1) is 21.0. The van der Waals surface area contributed by atoms with E-state index >= 15 is 0 Å². The van der Waals surface area contributed by atoms with Crippen molar-refractivity contribution >= 4 is 29.1 Å². The normalized spacial score (nSPS) is 11.0. The lowest BCUT2D eigenvalue weighted by molar-refractivity contribution is -0.384. The number of amides is 1. The molecule has 10 heteroatoms. The lowest BCUT2D eigenvalue weighted by atomic mass is 10.2. The number of nitrogens with zero attached hydrogens (tertiary/aromatic N) is 4. The minimum atomic E-state index is -0.649. The maximum atomic E-state index is 12.2.